The molecule has 2 heterocycles. The molecule has 0 unspecified atom stereocenters. The van der Waals surface area contributed by atoms with Crippen molar-refractivity contribution in [1.29, 1.82) is 0 Å². The van der Waals surface area contributed by atoms with E-state index < -0.39 is 5.41 Å². The number of pyridine rings is 1. The Hall–Kier alpha value is -2.89. The summed E-state index contributed by atoms with van der Waals surface area (Å²) in [6.45, 7) is 7.54. The van der Waals surface area contributed by atoms with Crippen molar-refractivity contribution in [2.24, 2.45) is 5.41 Å². The molecule has 3 rings (SSSR count). The molecule has 2 aromatic heterocycles. The number of ether oxygens (including phenoxy) is 1. The molecule has 0 saturated heterocycles. The van der Waals surface area contributed by atoms with Gasteiger partial charge in [0.15, 0.2) is 11.4 Å². The van der Waals surface area contributed by atoms with Gasteiger partial charge in [0.25, 0.3) is 0 Å². The number of hydrogen-bond acceptors (Lipinski definition) is 4. The summed E-state index contributed by atoms with van der Waals surface area (Å²) in [4.78, 5) is 31.8. The minimum atomic E-state index is -0.513. The zero-order chi connectivity index (χ0) is 19.1. The molecule has 0 atom stereocenters. The monoisotopic (exact) mass is 353 g/mol. The van der Waals surface area contributed by atoms with E-state index in [9.17, 15) is 9.59 Å². The van der Waals surface area contributed by atoms with Crippen molar-refractivity contribution >= 4 is 16.9 Å². The predicted octanol–water partition coefficient (Wildman–Crippen LogP) is 3.32. The molecule has 1 aromatic carbocycles. The van der Waals surface area contributed by atoms with Crippen LogP contribution < -0.4 is 10.4 Å². The quantitative estimate of drug-likeness (QED) is 0.780. The highest BCUT2D eigenvalue weighted by Crippen LogP contribution is 2.27. The van der Waals surface area contributed by atoms with Gasteiger partial charge in [0.1, 0.15) is 5.75 Å². The largest absolute Gasteiger partial charge is 0.496 e. The third-order valence-electron chi connectivity index (χ3n) is 4.50. The number of hydrogen-bond donors (Lipinski definition) is 1. The first kappa shape index (κ1) is 17.9. The van der Waals surface area contributed by atoms with Crippen LogP contribution >= 0.6 is 0 Å². The molecule has 0 radical (unpaired) electrons. The highest BCUT2D eigenvalue weighted by molar-refractivity contribution is 5.86. The average Bonchev–Trinajstić information content (AvgIpc) is 2.89. The third-order valence-corrected chi connectivity index (χ3v) is 4.50. The van der Waals surface area contributed by atoms with Gasteiger partial charge in [-0.2, -0.15) is 0 Å². The van der Waals surface area contributed by atoms with Crippen LogP contribution in [0.25, 0.3) is 22.3 Å². The van der Waals surface area contributed by atoms with Gasteiger partial charge in [0, 0.05) is 17.2 Å². The number of rotatable bonds is 4. The Balaban J connectivity index is 2.08. The minimum Gasteiger partial charge on any atom is -0.496 e. The summed E-state index contributed by atoms with van der Waals surface area (Å²) in [5.74, 6) is 0.809. The SMILES string of the molecule is COc1ccc(-c2cnc3[nH]c(=O)n(CC(=O)C(C)(C)C)c3c2)cc1C. The van der Waals surface area contributed by atoms with E-state index in [0.717, 1.165) is 22.4 Å². The van der Waals surface area contributed by atoms with E-state index in [1.54, 1.807) is 13.3 Å². The Kier molecular flexibility index (Phi) is 4.44. The van der Waals surface area contributed by atoms with Crippen molar-refractivity contribution in [3.63, 3.8) is 0 Å². The first-order valence-electron chi connectivity index (χ1n) is 8.47. The number of nitrogens with one attached hydrogen (secondary N) is 1. The van der Waals surface area contributed by atoms with Crippen LogP contribution in [-0.4, -0.2) is 27.4 Å². The van der Waals surface area contributed by atoms with E-state index >= 15 is 0 Å². The number of aromatic amines is 1. The number of ketones is 1. The molecular formula is C20H23N3O3. The van der Waals surface area contributed by atoms with E-state index in [2.05, 4.69) is 9.97 Å². The molecule has 6 heteroatoms. The van der Waals surface area contributed by atoms with Crippen LogP contribution in [0.4, 0.5) is 0 Å². The summed E-state index contributed by atoms with van der Waals surface area (Å²) >= 11 is 0. The lowest BCUT2D eigenvalue weighted by atomic mass is 9.91. The molecule has 0 amide bonds. The second-order valence-electron chi connectivity index (χ2n) is 7.47. The van der Waals surface area contributed by atoms with E-state index in [0.29, 0.717) is 11.2 Å². The van der Waals surface area contributed by atoms with Gasteiger partial charge in [-0.15, -0.1) is 0 Å². The summed E-state index contributed by atoms with van der Waals surface area (Å²) in [6, 6.07) is 7.75. The minimum absolute atomic E-state index is 0.00815. The normalized spacial score (nSPS) is 11.7. The highest BCUT2D eigenvalue weighted by atomic mass is 16.5. The molecule has 3 aromatic rings. The number of fused-ring (bicyclic) bond motifs is 1. The van der Waals surface area contributed by atoms with Crippen LogP contribution in [0.1, 0.15) is 26.3 Å². The number of carbonyl (C=O) groups is 1. The van der Waals surface area contributed by atoms with Crippen LogP contribution in [0, 0.1) is 12.3 Å². The molecule has 0 saturated carbocycles. The van der Waals surface area contributed by atoms with Gasteiger partial charge in [-0.05, 0) is 36.2 Å². The molecule has 26 heavy (non-hydrogen) atoms. The van der Waals surface area contributed by atoms with Gasteiger partial charge < -0.3 is 4.74 Å². The van der Waals surface area contributed by atoms with E-state index in [-0.39, 0.29) is 18.0 Å². The number of Topliss-reactive ketones (excluding diaryl/α,β-unsaturated/α-hetero) is 1. The van der Waals surface area contributed by atoms with Crippen molar-refractivity contribution in [2.45, 2.75) is 34.2 Å². The number of nitrogens with zero attached hydrogens (tertiary/aromatic N) is 2. The number of benzene rings is 1. The molecule has 136 valence electrons. The van der Waals surface area contributed by atoms with Gasteiger partial charge in [-0.1, -0.05) is 26.8 Å². The van der Waals surface area contributed by atoms with Gasteiger partial charge >= 0.3 is 5.69 Å². The van der Waals surface area contributed by atoms with Crippen LogP contribution in [0.3, 0.4) is 0 Å². The summed E-state index contributed by atoms with van der Waals surface area (Å²) in [5.41, 5.74) is 3.12. The van der Waals surface area contributed by atoms with Gasteiger partial charge in [0.2, 0.25) is 0 Å². The number of imidazole rings is 1. The molecule has 0 aliphatic heterocycles. The van der Waals surface area contributed by atoms with Gasteiger partial charge in [0.05, 0.1) is 19.2 Å². The van der Waals surface area contributed by atoms with E-state index in [1.165, 1.54) is 4.57 Å². The summed E-state index contributed by atoms with van der Waals surface area (Å²) in [6.07, 6.45) is 1.72. The summed E-state index contributed by atoms with van der Waals surface area (Å²) in [7, 11) is 1.64. The Bertz CT molecular complexity index is 1040. The topological polar surface area (TPSA) is 77.0 Å². The lowest BCUT2D eigenvalue weighted by molar-refractivity contribution is -0.126. The maximum Gasteiger partial charge on any atom is 0.328 e. The van der Waals surface area contributed by atoms with Crippen LogP contribution in [-0.2, 0) is 11.3 Å². The van der Waals surface area contributed by atoms with Crippen molar-refractivity contribution in [3.05, 3.63) is 46.5 Å². The zero-order valence-electron chi connectivity index (χ0n) is 15.7. The Labute approximate surface area is 151 Å². The molecule has 1 N–H and O–H groups in total. The van der Waals surface area contributed by atoms with Crippen LogP contribution in [0.2, 0.25) is 0 Å². The Morgan fingerprint density at radius 2 is 1.96 bits per heavy atom. The lowest BCUT2D eigenvalue weighted by Gasteiger charge is -2.16. The van der Waals surface area contributed by atoms with Gasteiger partial charge in [-0.3, -0.25) is 14.3 Å². The van der Waals surface area contributed by atoms with Crippen molar-refractivity contribution in [1.82, 2.24) is 14.5 Å². The van der Waals surface area contributed by atoms with E-state index in [4.69, 9.17) is 4.74 Å². The predicted molar refractivity (Wildman–Crippen MR) is 102 cm³/mol. The fourth-order valence-corrected chi connectivity index (χ4v) is 2.79. The average molecular weight is 353 g/mol. The Morgan fingerprint density at radius 1 is 1.23 bits per heavy atom. The highest BCUT2D eigenvalue weighted by Gasteiger charge is 2.23. The second-order valence-corrected chi connectivity index (χ2v) is 7.47. The van der Waals surface area contributed by atoms with Crippen LogP contribution in [0.15, 0.2) is 35.3 Å². The lowest BCUT2D eigenvalue weighted by Crippen LogP contribution is -2.29. The first-order valence-corrected chi connectivity index (χ1v) is 8.47. The molecule has 0 fully saturated rings. The maximum atomic E-state index is 12.4. The first-order chi connectivity index (χ1) is 12.2. The summed E-state index contributed by atoms with van der Waals surface area (Å²) < 4.78 is 6.75. The standard InChI is InChI=1S/C20H23N3O3/c1-12-8-13(6-7-16(12)26-5)14-9-15-18(21-10-14)22-19(25)23(15)11-17(24)20(2,3)4/h6-10H,11H2,1-5H3,(H,21,22,25). The molecule has 0 spiro atoms. The van der Waals surface area contributed by atoms with Crippen molar-refractivity contribution in [2.75, 3.05) is 7.11 Å². The molecular weight excluding hydrogens is 330 g/mol. The second kappa shape index (κ2) is 6.44. The smallest absolute Gasteiger partial charge is 0.328 e. The number of aromatic nitrogens is 3. The Morgan fingerprint density at radius 3 is 2.58 bits per heavy atom. The fraction of sp³-hybridized carbons (Fsp3) is 0.350. The zero-order valence-corrected chi connectivity index (χ0v) is 15.7. The van der Waals surface area contributed by atoms with Crippen molar-refractivity contribution in [3.8, 4) is 16.9 Å². The molecule has 0 bridgehead atoms. The van der Waals surface area contributed by atoms with Crippen LogP contribution in [0.5, 0.6) is 5.75 Å². The number of methoxy groups -OCH3 is 1. The number of H-pyrrole nitrogens is 1. The third kappa shape index (κ3) is 3.27. The van der Waals surface area contributed by atoms with Crippen molar-refractivity contribution < 1.29 is 9.53 Å². The summed E-state index contributed by atoms with van der Waals surface area (Å²) in [5, 5.41) is 0. The van der Waals surface area contributed by atoms with Gasteiger partial charge in [-0.25, -0.2) is 9.78 Å². The number of aryl methyl sites for hydroxylation is 1. The fourth-order valence-electron chi connectivity index (χ4n) is 2.79. The van der Waals surface area contributed by atoms with E-state index in [1.807, 2.05) is 52.0 Å². The molecule has 6 nitrogen and oxygen atoms in total. The molecule has 0 aliphatic rings. The number of carbonyl (C=O) groups excluding carboxylic acids is 1. The molecule has 0 aliphatic carbocycles. The maximum absolute atomic E-state index is 12.4.